The maximum atomic E-state index is 11.3. The molecule has 0 saturated heterocycles. The number of aryl methyl sites for hydroxylation is 1. The minimum atomic E-state index is -0.725. The fraction of sp³-hybridized carbons (Fsp3) is 0.333. The highest BCUT2D eigenvalue weighted by molar-refractivity contribution is 5.74. The summed E-state index contributed by atoms with van der Waals surface area (Å²) in [5.41, 5.74) is 3.08. The van der Waals surface area contributed by atoms with E-state index in [0.717, 1.165) is 5.69 Å². The van der Waals surface area contributed by atoms with Gasteiger partial charge in [-0.2, -0.15) is 0 Å². The molecular formula is C21H22N2O4. The quantitative estimate of drug-likeness (QED) is 0.581. The Labute approximate surface area is 158 Å². The van der Waals surface area contributed by atoms with Crippen molar-refractivity contribution in [3.05, 3.63) is 63.2 Å². The Morgan fingerprint density at radius 2 is 1.96 bits per heavy atom. The third kappa shape index (κ3) is 2.19. The minimum Gasteiger partial charge on any atom is -0.490 e. The van der Waals surface area contributed by atoms with Gasteiger partial charge in [-0.25, -0.2) is 0 Å². The number of nitro groups is 1. The van der Waals surface area contributed by atoms with Gasteiger partial charge in [-0.15, -0.1) is 0 Å². The average molecular weight is 366 g/mol. The Bertz CT molecular complexity index is 996. The molecule has 2 aliphatic heterocycles. The van der Waals surface area contributed by atoms with Gasteiger partial charge in [0.15, 0.2) is 0 Å². The topological polar surface area (TPSA) is 64.8 Å². The van der Waals surface area contributed by atoms with Crippen molar-refractivity contribution in [2.75, 3.05) is 19.1 Å². The first-order chi connectivity index (χ1) is 12.7. The van der Waals surface area contributed by atoms with Crippen LogP contribution in [0.2, 0.25) is 0 Å². The van der Waals surface area contributed by atoms with E-state index in [1.54, 1.807) is 6.07 Å². The van der Waals surface area contributed by atoms with Gasteiger partial charge in [-0.1, -0.05) is 17.7 Å². The lowest BCUT2D eigenvalue weighted by Crippen LogP contribution is -2.58. The second-order valence-electron chi connectivity index (χ2n) is 7.66. The van der Waals surface area contributed by atoms with Crippen LogP contribution in [0.15, 0.2) is 36.4 Å². The van der Waals surface area contributed by atoms with Crippen LogP contribution in [0.4, 0.5) is 11.4 Å². The average Bonchev–Trinajstić information content (AvgIpc) is 2.79. The van der Waals surface area contributed by atoms with Gasteiger partial charge in [-0.3, -0.25) is 10.1 Å². The molecule has 2 aliphatic rings. The van der Waals surface area contributed by atoms with Crippen molar-refractivity contribution in [3.8, 4) is 11.5 Å². The van der Waals surface area contributed by atoms with E-state index >= 15 is 0 Å². The van der Waals surface area contributed by atoms with Crippen LogP contribution in [0.25, 0.3) is 6.08 Å². The van der Waals surface area contributed by atoms with Gasteiger partial charge in [0.2, 0.25) is 11.5 Å². The number of fused-ring (bicyclic) bond motifs is 2. The number of anilines is 1. The lowest BCUT2D eigenvalue weighted by atomic mass is 9.76. The maximum absolute atomic E-state index is 11.3. The number of nitrogens with zero attached hydrogens (tertiary/aromatic N) is 2. The molecule has 0 radical (unpaired) electrons. The summed E-state index contributed by atoms with van der Waals surface area (Å²) >= 11 is 0. The lowest BCUT2D eigenvalue weighted by molar-refractivity contribution is -0.385. The third-order valence-electron chi connectivity index (χ3n) is 5.84. The zero-order chi connectivity index (χ0) is 19.6. The Balaban J connectivity index is 1.87. The van der Waals surface area contributed by atoms with Crippen molar-refractivity contribution in [1.82, 2.24) is 0 Å². The fourth-order valence-electron chi connectivity index (χ4n) is 4.25. The molecule has 0 bridgehead atoms. The molecule has 2 heterocycles. The minimum absolute atomic E-state index is 0.0709. The Morgan fingerprint density at radius 1 is 1.22 bits per heavy atom. The van der Waals surface area contributed by atoms with Crippen LogP contribution in [0.1, 0.15) is 30.5 Å². The monoisotopic (exact) mass is 366 g/mol. The predicted molar refractivity (Wildman–Crippen MR) is 105 cm³/mol. The maximum Gasteiger partial charge on any atom is 0.311 e. The summed E-state index contributed by atoms with van der Waals surface area (Å²) in [6, 6.07) is 9.51. The Hall–Kier alpha value is -3.02. The summed E-state index contributed by atoms with van der Waals surface area (Å²) < 4.78 is 11.8. The molecule has 27 heavy (non-hydrogen) atoms. The number of hydrogen-bond donors (Lipinski definition) is 0. The van der Waals surface area contributed by atoms with Crippen molar-refractivity contribution < 1.29 is 14.4 Å². The van der Waals surface area contributed by atoms with Crippen LogP contribution in [0, 0.1) is 17.0 Å². The molecule has 2 aromatic rings. The molecule has 140 valence electrons. The van der Waals surface area contributed by atoms with Crippen molar-refractivity contribution in [3.63, 3.8) is 0 Å². The van der Waals surface area contributed by atoms with Gasteiger partial charge in [-0.05, 0) is 44.6 Å². The van der Waals surface area contributed by atoms with E-state index in [4.69, 9.17) is 9.47 Å². The van der Waals surface area contributed by atoms with E-state index in [0.29, 0.717) is 11.3 Å². The van der Waals surface area contributed by atoms with E-state index in [9.17, 15) is 10.1 Å². The number of rotatable bonds is 2. The predicted octanol–water partition coefficient (Wildman–Crippen LogP) is 4.44. The van der Waals surface area contributed by atoms with Crippen LogP contribution in [-0.4, -0.2) is 24.8 Å². The molecule has 4 rings (SSSR count). The summed E-state index contributed by atoms with van der Waals surface area (Å²) in [5.74, 6) is 0.764. The van der Waals surface area contributed by atoms with Crippen LogP contribution in [-0.2, 0) is 5.41 Å². The lowest BCUT2D eigenvalue weighted by Gasteiger charge is -2.45. The first-order valence-corrected chi connectivity index (χ1v) is 8.81. The van der Waals surface area contributed by atoms with Gasteiger partial charge in [0, 0.05) is 30.4 Å². The van der Waals surface area contributed by atoms with Crippen molar-refractivity contribution in [1.29, 1.82) is 0 Å². The van der Waals surface area contributed by atoms with E-state index in [-0.39, 0.29) is 16.9 Å². The number of ether oxygens (including phenoxy) is 2. The molecule has 0 aliphatic carbocycles. The van der Waals surface area contributed by atoms with Gasteiger partial charge in [0.05, 0.1) is 17.4 Å². The molecule has 0 aromatic heterocycles. The third-order valence-corrected chi connectivity index (χ3v) is 5.84. The highest BCUT2D eigenvalue weighted by Crippen LogP contribution is 2.55. The molecule has 6 nitrogen and oxygen atoms in total. The van der Waals surface area contributed by atoms with Crippen LogP contribution in [0.3, 0.4) is 0 Å². The standard InChI is InChI=1S/C21H22N2O4/c1-13-6-7-16-15(10-13)20(2,3)21(22(16)4)9-8-14-11-17(23(24)25)19(26-5)12-18(14)27-21/h6-12H,1-5H3. The number of methoxy groups -OCH3 is 1. The summed E-state index contributed by atoms with van der Waals surface area (Å²) in [6.07, 6.45) is 3.91. The van der Waals surface area contributed by atoms with Crippen LogP contribution >= 0.6 is 0 Å². The first kappa shape index (κ1) is 17.4. The Morgan fingerprint density at radius 3 is 2.63 bits per heavy atom. The van der Waals surface area contributed by atoms with Crippen molar-refractivity contribution in [2.24, 2.45) is 0 Å². The van der Waals surface area contributed by atoms with E-state index in [1.807, 2.05) is 19.2 Å². The SMILES string of the molecule is COc1cc2c(cc1[N+](=O)[O-])C=CC1(O2)N(C)c2ccc(C)cc2C1(C)C. The van der Waals surface area contributed by atoms with E-state index in [1.165, 1.54) is 24.3 Å². The van der Waals surface area contributed by atoms with E-state index in [2.05, 4.69) is 43.9 Å². The molecular weight excluding hydrogens is 344 g/mol. The number of hydrogen-bond acceptors (Lipinski definition) is 5. The number of benzene rings is 2. The second-order valence-corrected chi connectivity index (χ2v) is 7.66. The van der Waals surface area contributed by atoms with Crippen molar-refractivity contribution >= 4 is 17.5 Å². The molecule has 0 N–H and O–H groups in total. The molecule has 2 aromatic carbocycles. The van der Waals surface area contributed by atoms with Gasteiger partial charge >= 0.3 is 5.69 Å². The van der Waals surface area contributed by atoms with Gasteiger partial charge in [0.25, 0.3) is 0 Å². The molecule has 6 heteroatoms. The molecule has 0 fully saturated rings. The molecule has 0 saturated carbocycles. The summed E-state index contributed by atoms with van der Waals surface area (Å²) in [5, 5.41) is 11.3. The van der Waals surface area contributed by atoms with Gasteiger partial charge < -0.3 is 14.4 Å². The van der Waals surface area contributed by atoms with Gasteiger partial charge in [0.1, 0.15) is 5.75 Å². The number of likely N-dealkylation sites (N-methyl/N-ethyl adjacent to an activating group) is 1. The summed E-state index contributed by atoms with van der Waals surface area (Å²) in [6.45, 7) is 6.40. The summed E-state index contributed by atoms with van der Waals surface area (Å²) in [7, 11) is 3.44. The normalized spacial score (nSPS) is 21.6. The highest BCUT2D eigenvalue weighted by atomic mass is 16.6. The zero-order valence-corrected chi connectivity index (χ0v) is 16.1. The Kier molecular flexibility index (Phi) is 3.54. The smallest absolute Gasteiger partial charge is 0.311 e. The molecule has 1 spiro atoms. The molecule has 1 unspecified atom stereocenters. The first-order valence-electron chi connectivity index (χ1n) is 8.81. The molecule has 0 amide bonds. The van der Waals surface area contributed by atoms with Crippen LogP contribution in [0.5, 0.6) is 11.5 Å². The largest absolute Gasteiger partial charge is 0.490 e. The van der Waals surface area contributed by atoms with Crippen LogP contribution < -0.4 is 14.4 Å². The van der Waals surface area contributed by atoms with Crippen molar-refractivity contribution in [2.45, 2.75) is 31.9 Å². The zero-order valence-electron chi connectivity index (χ0n) is 16.1. The fourth-order valence-corrected chi connectivity index (χ4v) is 4.25. The highest BCUT2D eigenvalue weighted by Gasteiger charge is 2.57. The summed E-state index contributed by atoms with van der Waals surface area (Å²) in [4.78, 5) is 13.0. The second kappa shape index (κ2) is 5.49. The number of nitro benzene ring substituents is 1. The van der Waals surface area contributed by atoms with E-state index < -0.39 is 10.6 Å². The molecule has 1 atom stereocenters.